The first-order valence-corrected chi connectivity index (χ1v) is 8.32. The Labute approximate surface area is 114 Å². The van der Waals surface area contributed by atoms with Crippen molar-refractivity contribution in [2.45, 2.75) is 44.2 Å². The van der Waals surface area contributed by atoms with E-state index >= 15 is 0 Å². The Hall–Kier alpha value is -0.0600. The van der Waals surface area contributed by atoms with Crippen LogP contribution >= 0.6 is 11.8 Å². The summed E-state index contributed by atoms with van der Waals surface area (Å²) in [5.74, 6) is 3.10. The number of likely N-dealkylation sites (tertiary alicyclic amines) is 1. The molecule has 3 fully saturated rings. The second-order valence-corrected chi connectivity index (χ2v) is 7.20. The van der Waals surface area contributed by atoms with Gasteiger partial charge in [-0.25, -0.2) is 0 Å². The van der Waals surface area contributed by atoms with Crippen molar-refractivity contribution in [2.75, 3.05) is 31.2 Å². The van der Waals surface area contributed by atoms with Gasteiger partial charge < -0.3 is 4.74 Å². The minimum atomic E-state index is 0.165. The monoisotopic (exact) mass is 269 g/mol. The molecular weight excluding hydrogens is 246 g/mol. The second kappa shape index (κ2) is 5.14. The first-order valence-electron chi connectivity index (χ1n) is 7.17. The molecule has 0 aromatic heterocycles. The number of Topliss-reactive ketones (excluding diaryl/α,β-unsaturated/α-hetero) is 1. The summed E-state index contributed by atoms with van der Waals surface area (Å²) >= 11 is 2.03. The maximum atomic E-state index is 11.6. The largest absolute Gasteiger partial charge is 0.374 e. The van der Waals surface area contributed by atoms with Crippen molar-refractivity contribution < 1.29 is 9.53 Å². The summed E-state index contributed by atoms with van der Waals surface area (Å²) in [7, 11) is 0. The zero-order valence-electron chi connectivity index (χ0n) is 11.2. The number of piperidine rings is 1. The summed E-state index contributed by atoms with van der Waals surface area (Å²) in [6.07, 6.45) is 4.30. The van der Waals surface area contributed by atoms with Gasteiger partial charge in [0.25, 0.3) is 0 Å². The van der Waals surface area contributed by atoms with E-state index < -0.39 is 0 Å². The Morgan fingerprint density at radius 2 is 2.39 bits per heavy atom. The molecule has 3 rings (SSSR count). The maximum Gasteiger partial charge on any atom is 0.138 e. The Balaban J connectivity index is 1.63. The summed E-state index contributed by atoms with van der Waals surface area (Å²) in [6, 6.07) is 0.646. The number of rotatable bonds is 1. The van der Waals surface area contributed by atoms with Crippen LogP contribution in [0.4, 0.5) is 0 Å². The lowest BCUT2D eigenvalue weighted by atomic mass is 9.87. The van der Waals surface area contributed by atoms with Crippen LogP contribution in [0.3, 0.4) is 0 Å². The highest BCUT2D eigenvalue weighted by molar-refractivity contribution is 7.99. The number of carbonyl (C=O) groups is 1. The zero-order valence-corrected chi connectivity index (χ0v) is 12.0. The molecule has 0 aromatic rings. The number of hydrogen-bond donors (Lipinski definition) is 0. The van der Waals surface area contributed by atoms with E-state index in [0.29, 0.717) is 11.8 Å². The molecular formula is C14H23NO2S. The summed E-state index contributed by atoms with van der Waals surface area (Å²) in [4.78, 5) is 14.2. The van der Waals surface area contributed by atoms with E-state index in [1.807, 2.05) is 11.8 Å². The van der Waals surface area contributed by atoms with Crippen LogP contribution < -0.4 is 0 Å². The highest BCUT2D eigenvalue weighted by Gasteiger charge is 2.42. The molecule has 0 radical (unpaired) electrons. The van der Waals surface area contributed by atoms with E-state index in [4.69, 9.17) is 4.74 Å². The summed E-state index contributed by atoms with van der Waals surface area (Å²) in [6.45, 7) is 4.92. The smallest absolute Gasteiger partial charge is 0.138 e. The predicted octanol–water partition coefficient (Wildman–Crippen LogP) is 1.95. The minimum absolute atomic E-state index is 0.165. The molecule has 3 nitrogen and oxygen atoms in total. The van der Waals surface area contributed by atoms with E-state index in [0.717, 1.165) is 32.5 Å². The number of hydrogen-bond acceptors (Lipinski definition) is 4. The lowest BCUT2D eigenvalue weighted by Crippen LogP contribution is -2.52. The number of ketones is 1. The Kier molecular flexibility index (Phi) is 3.70. The fourth-order valence-electron chi connectivity index (χ4n) is 3.55. The van der Waals surface area contributed by atoms with Gasteiger partial charge in [-0.15, -0.1) is 0 Å². The third-order valence-electron chi connectivity index (χ3n) is 4.75. The van der Waals surface area contributed by atoms with Crippen molar-refractivity contribution in [1.29, 1.82) is 0 Å². The van der Waals surface area contributed by atoms with Crippen LogP contribution in [0.2, 0.25) is 0 Å². The first kappa shape index (κ1) is 12.9. The fourth-order valence-corrected chi connectivity index (χ4v) is 4.93. The van der Waals surface area contributed by atoms with Crippen LogP contribution in [0.5, 0.6) is 0 Å². The lowest BCUT2D eigenvalue weighted by molar-refractivity contribution is -0.129. The average molecular weight is 269 g/mol. The van der Waals surface area contributed by atoms with Crippen molar-refractivity contribution in [3.05, 3.63) is 0 Å². The van der Waals surface area contributed by atoms with Crippen LogP contribution in [0.1, 0.15) is 32.6 Å². The van der Waals surface area contributed by atoms with Gasteiger partial charge in [-0.05, 0) is 25.0 Å². The first-order chi connectivity index (χ1) is 8.69. The van der Waals surface area contributed by atoms with Crippen LogP contribution in [0.15, 0.2) is 0 Å². The summed E-state index contributed by atoms with van der Waals surface area (Å²) in [5, 5.41) is 0. The molecule has 102 valence electrons. The van der Waals surface area contributed by atoms with E-state index in [-0.39, 0.29) is 11.5 Å². The quantitative estimate of drug-likeness (QED) is 0.728. The molecule has 3 aliphatic rings. The van der Waals surface area contributed by atoms with E-state index in [1.165, 1.54) is 24.3 Å². The van der Waals surface area contributed by atoms with Crippen molar-refractivity contribution in [3.8, 4) is 0 Å². The molecule has 0 aliphatic carbocycles. The second-order valence-electron chi connectivity index (χ2n) is 6.09. The van der Waals surface area contributed by atoms with E-state index in [1.54, 1.807) is 0 Å². The zero-order chi connectivity index (χ0) is 12.6. The highest BCUT2D eigenvalue weighted by atomic mass is 32.2. The number of ether oxygens (including phenoxy) is 1. The van der Waals surface area contributed by atoms with Crippen molar-refractivity contribution >= 4 is 17.5 Å². The average Bonchev–Trinajstić information content (AvgIpc) is 2.81. The van der Waals surface area contributed by atoms with Crippen LogP contribution in [0.25, 0.3) is 0 Å². The molecule has 4 heteroatoms. The van der Waals surface area contributed by atoms with Crippen LogP contribution in [-0.4, -0.2) is 53.5 Å². The van der Waals surface area contributed by atoms with Crippen molar-refractivity contribution in [3.63, 3.8) is 0 Å². The SMILES string of the molecule is CC1CN(C2CCOC3(CCSC3)C2)CCC1=O. The van der Waals surface area contributed by atoms with Gasteiger partial charge in [0.15, 0.2) is 0 Å². The van der Waals surface area contributed by atoms with Crippen molar-refractivity contribution in [2.24, 2.45) is 5.92 Å². The number of carbonyl (C=O) groups excluding carboxylic acids is 1. The van der Waals surface area contributed by atoms with Crippen LogP contribution in [-0.2, 0) is 9.53 Å². The van der Waals surface area contributed by atoms with E-state index in [2.05, 4.69) is 11.8 Å². The van der Waals surface area contributed by atoms with Gasteiger partial charge in [-0.2, -0.15) is 11.8 Å². The molecule has 0 bridgehead atoms. The van der Waals surface area contributed by atoms with E-state index in [9.17, 15) is 4.79 Å². The minimum Gasteiger partial charge on any atom is -0.374 e. The van der Waals surface area contributed by atoms with Gasteiger partial charge in [0, 0.05) is 43.8 Å². The molecule has 0 N–H and O–H groups in total. The molecule has 3 unspecified atom stereocenters. The molecule has 0 amide bonds. The van der Waals surface area contributed by atoms with Gasteiger partial charge in [0.05, 0.1) is 5.60 Å². The Bertz CT molecular complexity index is 328. The molecule has 1 spiro atoms. The normalized spacial score (nSPS) is 42.6. The number of thioether (sulfide) groups is 1. The molecule has 3 atom stereocenters. The molecule has 0 saturated carbocycles. The standard InChI is InChI=1S/C14H23NO2S/c1-11-9-15(5-2-13(11)16)12-3-6-17-14(8-12)4-7-18-10-14/h11-12H,2-10H2,1H3. The van der Waals surface area contributed by atoms with Gasteiger partial charge >= 0.3 is 0 Å². The van der Waals surface area contributed by atoms with Gasteiger partial charge in [-0.3, -0.25) is 9.69 Å². The van der Waals surface area contributed by atoms with Gasteiger partial charge in [0.2, 0.25) is 0 Å². The Morgan fingerprint density at radius 1 is 1.50 bits per heavy atom. The molecule has 0 aromatic carbocycles. The third kappa shape index (κ3) is 2.47. The third-order valence-corrected chi connectivity index (χ3v) is 5.98. The highest BCUT2D eigenvalue weighted by Crippen LogP contribution is 2.40. The summed E-state index contributed by atoms with van der Waals surface area (Å²) < 4.78 is 6.08. The molecule has 3 heterocycles. The summed E-state index contributed by atoms with van der Waals surface area (Å²) in [5.41, 5.74) is 0.165. The van der Waals surface area contributed by atoms with Crippen LogP contribution in [0, 0.1) is 5.92 Å². The molecule has 3 aliphatic heterocycles. The Morgan fingerprint density at radius 3 is 3.11 bits per heavy atom. The fraction of sp³-hybridized carbons (Fsp3) is 0.929. The number of nitrogens with zero attached hydrogens (tertiary/aromatic N) is 1. The topological polar surface area (TPSA) is 29.5 Å². The van der Waals surface area contributed by atoms with Gasteiger partial charge in [-0.1, -0.05) is 6.92 Å². The maximum absolute atomic E-state index is 11.6. The molecule has 18 heavy (non-hydrogen) atoms. The van der Waals surface area contributed by atoms with Crippen molar-refractivity contribution in [1.82, 2.24) is 4.90 Å². The van der Waals surface area contributed by atoms with Gasteiger partial charge in [0.1, 0.15) is 5.78 Å². The molecule has 3 saturated heterocycles. The predicted molar refractivity (Wildman–Crippen MR) is 74.0 cm³/mol. The lowest BCUT2D eigenvalue weighted by Gasteiger charge is -2.44.